The number of hydrogen-bond acceptors (Lipinski definition) is 6. The molecular weight excluding hydrogens is 622 g/mol. The second-order valence-corrected chi connectivity index (χ2v) is 10.6. The van der Waals surface area contributed by atoms with Gasteiger partial charge in [-0.25, -0.2) is 0 Å². The van der Waals surface area contributed by atoms with Crippen LogP contribution in [0.25, 0.3) is 10.8 Å². The molecule has 2 atom stereocenters. The smallest absolute Gasteiger partial charge is 0.277 e. The van der Waals surface area contributed by atoms with Gasteiger partial charge in [-0.1, -0.05) is 46.3 Å². The van der Waals surface area contributed by atoms with E-state index in [2.05, 4.69) is 31.5 Å². The van der Waals surface area contributed by atoms with Gasteiger partial charge in [-0.05, 0) is 67.2 Å². The van der Waals surface area contributed by atoms with E-state index < -0.39 is 12.1 Å². The van der Waals surface area contributed by atoms with Crippen molar-refractivity contribution in [2.24, 2.45) is 0 Å². The van der Waals surface area contributed by atoms with Gasteiger partial charge in [-0.3, -0.25) is 19.4 Å². The quantitative estimate of drug-likeness (QED) is 0.300. The van der Waals surface area contributed by atoms with Crippen LogP contribution in [0.1, 0.15) is 23.0 Å². The molecule has 3 aromatic carbocycles. The lowest BCUT2D eigenvalue weighted by molar-refractivity contribution is -0.128. The van der Waals surface area contributed by atoms with Gasteiger partial charge in [0.2, 0.25) is 5.91 Å². The highest BCUT2D eigenvalue weighted by atomic mass is 79.9. The molecule has 0 bridgehead atoms. The van der Waals surface area contributed by atoms with Crippen molar-refractivity contribution in [1.29, 1.82) is 0 Å². The van der Waals surface area contributed by atoms with Gasteiger partial charge in [0, 0.05) is 16.2 Å². The zero-order chi connectivity index (χ0) is 29.1. The van der Waals surface area contributed by atoms with E-state index in [-0.39, 0.29) is 48.9 Å². The molecule has 2 unspecified atom stereocenters. The monoisotopic (exact) mass is 651 g/mol. The molecule has 9 nitrogen and oxygen atoms in total. The maximum atomic E-state index is 14.3. The molecule has 1 aromatic heterocycles. The van der Waals surface area contributed by atoms with E-state index >= 15 is 0 Å². The molecule has 0 aliphatic carbocycles. The number of amides is 3. The fourth-order valence-electron chi connectivity index (χ4n) is 4.96. The number of carbonyl (C=O) groups excluding carboxylic acids is 3. The minimum Gasteiger partial charge on any atom is -0.496 e. The fourth-order valence-corrected chi connectivity index (χ4v) is 5.34. The summed E-state index contributed by atoms with van der Waals surface area (Å²) in [5, 5.41) is 7.68. The van der Waals surface area contributed by atoms with Crippen molar-refractivity contribution in [1.82, 2.24) is 15.6 Å². The second kappa shape index (κ2) is 13.3. The van der Waals surface area contributed by atoms with Crippen molar-refractivity contribution in [3.05, 3.63) is 94.7 Å². The molecule has 0 radical (unpaired) electrons. The molecule has 5 rings (SSSR count). The van der Waals surface area contributed by atoms with Gasteiger partial charge in [0.15, 0.2) is 0 Å². The highest BCUT2D eigenvalue weighted by Gasteiger charge is 2.38. The molecule has 11 heteroatoms. The van der Waals surface area contributed by atoms with Crippen LogP contribution < -0.4 is 25.2 Å². The third kappa shape index (κ3) is 6.11. The van der Waals surface area contributed by atoms with E-state index in [9.17, 15) is 14.4 Å². The van der Waals surface area contributed by atoms with Gasteiger partial charge in [0.05, 0.1) is 37.6 Å². The van der Waals surface area contributed by atoms with Crippen molar-refractivity contribution in [3.8, 4) is 5.75 Å². The number of fused-ring (bicyclic) bond motifs is 2. The molecule has 1 aliphatic heterocycles. The minimum atomic E-state index is -1.02. The standard InChI is InChI=1S/C31H30BrN5O4.ClH/c1-19(33-2)29(38)35-25-18-37(30(39)24-8-6-7-15-34-24)27-10-5-4-9-26(27)36(31(25)40)17-23-22-13-12-21(32)16-20(22)11-14-28(23)41-3;/h4-16,19,25,33H,17-18H2,1-3H3,(H,35,38);1H. The topological polar surface area (TPSA) is 104 Å². The third-order valence-electron chi connectivity index (χ3n) is 7.25. The number of hydrogen-bond donors (Lipinski definition) is 2. The number of para-hydroxylation sites is 2. The Bertz CT molecular complexity index is 1620. The van der Waals surface area contributed by atoms with Crippen LogP contribution in [0.2, 0.25) is 0 Å². The molecule has 2 heterocycles. The lowest BCUT2D eigenvalue weighted by Gasteiger charge is -2.27. The maximum absolute atomic E-state index is 14.3. The average Bonchev–Trinajstić information content (AvgIpc) is 3.11. The molecular formula is C31H31BrClN5O4. The minimum absolute atomic E-state index is 0. The Morgan fingerprint density at radius 3 is 2.50 bits per heavy atom. The number of halogens is 2. The summed E-state index contributed by atoms with van der Waals surface area (Å²) in [7, 11) is 3.26. The number of rotatable bonds is 7. The van der Waals surface area contributed by atoms with E-state index in [4.69, 9.17) is 4.74 Å². The van der Waals surface area contributed by atoms with E-state index in [0.717, 1.165) is 20.8 Å². The van der Waals surface area contributed by atoms with Crippen LogP contribution in [-0.4, -0.2) is 55.5 Å². The summed E-state index contributed by atoms with van der Waals surface area (Å²) in [6.45, 7) is 1.79. The molecule has 3 amide bonds. The molecule has 42 heavy (non-hydrogen) atoms. The number of nitrogens with one attached hydrogen (secondary N) is 2. The summed E-state index contributed by atoms with van der Waals surface area (Å²) in [4.78, 5) is 48.5. The van der Waals surface area contributed by atoms with Crippen molar-refractivity contribution in [2.45, 2.75) is 25.6 Å². The normalized spacial score (nSPS) is 15.3. The molecule has 1 aliphatic rings. The first-order valence-corrected chi connectivity index (χ1v) is 14.0. The Hall–Kier alpha value is -3.99. The van der Waals surface area contributed by atoms with E-state index in [1.165, 1.54) is 4.90 Å². The molecule has 0 spiro atoms. The first kappa shape index (κ1) is 31.0. The highest BCUT2D eigenvalue weighted by Crippen LogP contribution is 2.38. The van der Waals surface area contributed by atoms with Gasteiger partial charge in [0.1, 0.15) is 17.5 Å². The Balaban J connectivity index is 0.00000405. The average molecular weight is 653 g/mol. The number of benzene rings is 3. The summed E-state index contributed by atoms with van der Waals surface area (Å²) in [6, 6.07) is 20.6. The molecule has 4 aromatic rings. The predicted molar refractivity (Wildman–Crippen MR) is 169 cm³/mol. The van der Waals surface area contributed by atoms with Crippen LogP contribution in [-0.2, 0) is 16.1 Å². The summed E-state index contributed by atoms with van der Waals surface area (Å²) in [5.74, 6) is -0.447. The molecule has 218 valence electrons. The first-order chi connectivity index (χ1) is 19.8. The SMILES string of the molecule is CNC(C)C(=O)NC1CN(C(=O)c2ccccn2)c2ccccc2N(Cc2c(OC)ccc3cc(Br)ccc23)C1=O.Cl. The zero-order valence-corrected chi connectivity index (χ0v) is 25.7. The second-order valence-electron chi connectivity index (χ2n) is 9.73. The Labute approximate surface area is 258 Å². The summed E-state index contributed by atoms with van der Waals surface area (Å²) in [6.07, 6.45) is 1.55. The van der Waals surface area contributed by atoms with E-state index in [0.29, 0.717) is 17.1 Å². The summed E-state index contributed by atoms with van der Waals surface area (Å²) >= 11 is 3.54. The van der Waals surface area contributed by atoms with Crippen LogP contribution in [0.4, 0.5) is 11.4 Å². The number of likely N-dealkylation sites (N-methyl/N-ethyl adjacent to an activating group) is 1. The van der Waals surface area contributed by atoms with Crippen molar-refractivity contribution in [3.63, 3.8) is 0 Å². The Kier molecular flexibility index (Phi) is 9.82. The largest absolute Gasteiger partial charge is 0.496 e. The lowest BCUT2D eigenvalue weighted by Crippen LogP contribution is -2.55. The Morgan fingerprint density at radius 2 is 1.81 bits per heavy atom. The van der Waals surface area contributed by atoms with Crippen molar-refractivity contribution >= 4 is 68.2 Å². The number of nitrogens with zero attached hydrogens (tertiary/aromatic N) is 3. The number of methoxy groups -OCH3 is 1. The van der Waals surface area contributed by atoms with Gasteiger partial charge >= 0.3 is 0 Å². The Morgan fingerprint density at radius 1 is 1.07 bits per heavy atom. The van der Waals surface area contributed by atoms with Crippen LogP contribution in [0.15, 0.2) is 83.5 Å². The van der Waals surface area contributed by atoms with Gasteiger partial charge in [-0.2, -0.15) is 0 Å². The van der Waals surface area contributed by atoms with Crippen molar-refractivity contribution in [2.75, 3.05) is 30.5 Å². The molecule has 2 N–H and O–H groups in total. The fraction of sp³-hybridized carbons (Fsp3) is 0.226. The van der Waals surface area contributed by atoms with Crippen LogP contribution in [0, 0.1) is 0 Å². The van der Waals surface area contributed by atoms with Crippen LogP contribution >= 0.6 is 28.3 Å². The molecule has 0 saturated heterocycles. The van der Waals surface area contributed by atoms with Crippen LogP contribution in [0.5, 0.6) is 5.75 Å². The number of ether oxygens (including phenoxy) is 1. The number of pyridine rings is 1. The number of carbonyl (C=O) groups is 3. The summed E-state index contributed by atoms with van der Waals surface area (Å²) < 4.78 is 6.67. The van der Waals surface area contributed by atoms with E-state index in [1.807, 2.05) is 42.5 Å². The first-order valence-electron chi connectivity index (χ1n) is 13.2. The number of aromatic nitrogens is 1. The van der Waals surface area contributed by atoms with Crippen LogP contribution in [0.3, 0.4) is 0 Å². The van der Waals surface area contributed by atoms with Gasteiger partial charge in [-0.15, -0.1) is 12.4 Å². The van der Waals surface area contributed by atoms with Crippen molar-refractivity contribution < 1.29 is 19.1 Å². The van der Waals surface area contributed by atoms with Gasteiger partial charge in [0.25, 0.3) is 11.8 Å². The van der Waals surface area contributed by atoms with E-state index in [1.54, 1.807) is 62.5 Å². The molecule has 0 saturated carbocycles. The zero-order valence-electron chi connectivity index (χ0n) is 23.3. The lowest BCUT2D eigenvalue weighted by atomic mass is 10.0. The maximum Gasteiger partial charge on any atom is 0.277 e. The summed E-state index contributed by atoms with van der Waals surface area (Å²) in [5.41, 5.74) is 2.12. The highest BCUT2D eigenvalue weighted by molar-refractivity contribution is 9.10. The van der Waals surface area contributed by atoms with Gasteiger partial charge < -0.3 is 25.2 Å². The third-order valence-corrected chi connectivity index (χ3v) is 7.74. The number of anilines is 2. The predicted octanol–water partition coefficient (Wildman–Crippen LogP) is 4.71. The molecule has 0 fully saturated rings.